The van der Waals surface area contributed by atoms with Crippen LogP contribution in [-0.2, 0) is 10.2 Å². The molecule has 1 aliphatic carbocycles. The van der Waals surface area contributed by atoms with Crippen LogP contribution < -0.4 is 0 Å². The number of aromatic nitrogens is 2. The van der Waals surface area contributed by atoms with Gasteiger partial charge in [0.2, 0.25) is 0 Å². The molecule has 0 amide bonds. The lowest BCUT2D eigenvalue weighted by Gasteiger charge is -2.38. The number of carbonyl (C=O) groups is 1. The highest BCUT2D eigenvalue weighted by Crippen LogP contribution is 2.44. The van der Waals surface area contributed by atoms with Crippen LogP contribution in [0.2, 0.25) is 0 Å². The number of nitrogens with zero attached hydrogens (tertiary/aromatic N) is 2. The third-order valence-electron chi connectivity index (χ3n) is 3.81. The Morgan fingerprint density at radius 1 is 1.28 bits per heavy atom. The van der Waals surface area contributed by atoms with E-state index in [0.717, 1.165) is 30.5 Å². The van der Waals surface area contributed by atoms with Crippen LogP contribution in [0.3, 0.4) is 0 Å². The summed E-state index contributed by atoms with van der Waals surface area (Å²) >= 11 is 0. The Balaban J connectivity index is 1.94. The number of benzene rings is 1. The molecule has 0 unspecified atom stereocenters. The molecule has 2 aromatic rings. The number of carboxylic acid groups (broad SMARTS) is 1. The minimum absolute atomic E-state index is 0.650. The molecule has 1 aliphatic rings. The summed E-state index contributed by atoms with van der Waals surface area (Å²) in [6.07, 6.45) is 6.06. The quantitative estimate of drug-likeness (QED) is 0.899. The van der Waals surface area contributed by atoms with Crippen molar-refractivity contribution in [1.29, 1.82) is 0 Å². The van der Waals surface area contributed by atoms with Gasteiger partial charge in [-0.25, -0.2) is 4.68 Å². The molecule has 3 rings (SSSR count). The van der Waals surface area contributed by atoms with Gasteiger partial charge in [-0.3, -0.25) is 4.79 Å². The summed E-state index contributed by atoms with van der Waals surface area (Å²) in [5.41, 5.74) is 1.20. The van der Waals surface area contributed by atoms with Crippen molar-refractivity contribution in [3.8, 4) is 5.69 Å². The van der Waals surface area contributed by atoms with E-state index in [2.05, 4.69) is 5.10 Å². The standard InChI is InChI=1S/C14H14N2O2/c17-13(18)14(7-1-8-14)11-3-5-12(6-4-11)16-10-2-9-15-16/h2-6,9-10H,1,7-8H2,(H,17,18). The van der Waals surface area contributed by atoms with Crippen molar-refractivity contribution in [2.75, 3.05) is 0 Å². The summed E-state index contributed by atoms with van der Waals surface area (Å²) in [6, 6.07) is 9.52. The first-order chi connectivity index (χ1) is 8.72. The molecule has 18 heavy (non-hydrogen) atoms. The van der Waals surface area contributed by atoms with E-state index in [1.165, 1.54) is 0 Å². The molecule has 0 saturated heterocycles. The van der Waals surface area contributed by atoms with Gasteiger partial charge in [-0.05, 0) is 36.6 Å². The maximum absolute atomic E-state index is 11.4. The van der Waals surface area contributed by atoms with Crippen molar-refractivity contribution < 1.29 is 9.90 Å². The molecule has 0 bridgehead atoms. The van der Waals surface area contributed by atoms with E-state index in [-0.39, 0.29) is 0 Å². The molecule has 1 aromatic carbocycles. The summed E-state index contributed by atoms with van der Waals surface area (Å²) in [7, 11) is 0. The molecule has 1 N–H and O–H groups in total. The van der Waals surface area contributed by atoms with Crippen LogP contribution in [0.4, 0.5) is 0 Å². The molecule has 0 atom stereocenters. The Bertz CT molecular complexity index is 554. The molecule has 0 aliphatic heterocycles. The predicted molar refractivity (Wildman–Crippen MR) is 66.7 cm³/mol. The summed E-state index contributed by atoms with van der Waals surface area (Å²) in [5.74, 6) is -0.708. The van der Waals surface area contributed by atoms with Gasteiger partial charge in [0.15, 0.2) is 0 Å². The van der Waals surface area contributed by atoms with E-state index in [4.69, 9.17) is 0 Å². The molecule has 4 nitrogen and oxygen atoms in total. The minimum Gasteiger partial charge on any atom is -0.481 e. The van der Waals surface area contributed by atoms with E-state index in [9.17, 15) is 9.90 Å². The van der Waals surface area contributed by atoms with Gasteiger partial charge in [0.25, 0.3) is 0 Å². The van der Waals surface area contributed by atoms with Crippen LogP contribution in [0, 0.1) is 0 Å². The number of rotatable bonds is 3. The number of hydrogen-bond donors (Lipinski definition) is 1. The molecular weight excluding hydrogens is 228 g/mol. The van der Waals surface area contributed by atoms with Gasteiger partial charge in [0.1, 0.15) is 0 Å². The van der Waals surface area contributed by atoms with Gasteiger partial charge in [-0.1, -0.05) is 18.6 Å². The zero-order valence-electron chi connectivity index (χ0n) is 9.91. The second-order valence-electron chi connectivity index (χ2n) is 4.74. The second kappa shape index (κ2) is 3.98. The summed E-state index contributed by atoms with van der Waals surface area (Å²) in [4.78, 5) is 11.4. The van der Waals surface area contributed by atoms with E-state index in [0.29, 0.717) is 0 Å². The van der Waals surface area contributed by atoms with Crippen LogP contribution in [0.25, 0.3) is 5.69 Å². The number of carboxylic acids is 1. The van der Waals surface area contributed by atoms with Gasteiger partial charge in [-0.2, -0.15) is 5.10 Å². The molecule has 92 valence electrons. The van der Waals surface area contributed by atoms with Crippen molar-refractivity contribution >= 4 is 5.97 Å². The van der Waals surface area contributed by atoms with Crippen molar-refractivity contribution in [2.45, 2.75) is 24.7 Å². The average Bonchev–Trinajstić information content (AvgIpc) is 2.81. The zero-order valence-corrected chi connectivity index (χ0v) is 9.91. The Hall–Kier alpha value is -2.10. The van der Waals surface area contributed by atoms with Crippen molar-refractivity contribution in [3.05, 3.63) is 48.3 Å². The molecule has 1 saturated carbocycles. The molecule has 4 heteroatoms. The molecule has 0 spiro atoms. The molecule has 1 fully saturated rings. The van der Waals surface area contributed by atoms with Crippen LogP contribution in [0.15, 0.2) is 42.7 Å². The largest absolute Gasteiger partial charge is 0.481 e. The van der Waals surface area contributed by atoms with Crippen molar-refractivity contribution in [1.82, 2.24) is 9.78 Å². The Morgan fingerprint density at radius 3 is 2.44 bits per heavy atom. The molecular formula is C14H14N2O2. The first-order valence-corrected chi connectivity index (χ1v) is 6.06. The highest BCUT2D eigenvalue weighted by atomic mass is 16.4. The lowest BCUT2D eigenvalue weighted by molar-refractivity contribution is -0.147. The highest BCUT2D eigenvalue weighted by molar-refractivity contribution is 5.82. The fourth-order valence-corrected chi connectivity index (χ4v) is 2.51. The van der Waals surface area contributed by atoms with E-state index in [1.54, 1.807) is 10.9 Å². The van der Waals surface area contributed by atoms with Crippen molar-refractivity contribution in [2.24, 2.45) is 0 Å². The van der Waals surface area contributed by atoms with Crippen LogP contribution >= 0.6 is 0 Å². The monoisotopic (exact) mass is 242 g/mol. The van der Waals surface area contributed by atoms with Crippen LogP contribution in [0.5, 0.6) is 0 Å². The maximum atomic E-state index is 11.4. The van der Waals surface area contributed by atoms with Gasteiger partial charge in [0, 0.05) is 12.4 Å². The zero-order chi connectivity index (χ0) is 12.6. The summed E-state index contributed by atoms with van der Waals surface area (Å²) in [5, 5.41) is 13.5. The smallest absolute Gasteiger partial charge is 0.314 e. The third-order valence-corrected chi connectivity index (χ3v) is 3.81. The third kappa shape index (κ3) is 1.53. The van der Waals surface area contributed by atoms with Gasteiger partial charge in [-0.15, -0.1) is 0 Å². The second-order valence-corrected chi connectivity index (χ2v) is 4.74. The average molecular weight is 242 g/mol. The summed E-state index contributed by atoms with van der Waals surface area (Å²) < 4.78 is 1.76. The molecule has 1 heterocycles. The first kappa shape index (κ1) is 11.0. The Morgan fingerprint density at radius 2 is 2.00 bits per heavy atom. The SMILES string of the molecule is O=C(O)C1(c2ccc(-n3cccn3)cc2)CCC1. The van der Waals surface area contributed by atoms with Gasteiger partial charge in [0.05, 0.1) is 11.1 Å². The van der Waals surface area contributed by atoms with Crippen molar-refractivity contribution in [3.63, 3.8) is 0 Å². The number of aliphatic carboxylic acids is 1. The van der Waals surface area contributed by atoms with Crippen LogP contribution in [-0.4, -0.2) is 20.9 Å². The highest BCUT2D eigenvalue weighted by Gasteiger charge is 2.45. The first-order valence-electron chi connectivity index (χ1n) is 6.06. The Labute approximate surface area is 105 Å². The molecule has 0 radical (unpaired) electrons. The van der Waals surface area contributed by atoms with Gasteiger partial charge >= 0.3 is 5.97 Å². The van der Waals surface area contributed by atoms with E-state index < -0.39 is 11.4 Å². The minimum atomic E-state index is -0.708. The fourth-order valence-electron chi connectivity index (χ4n) is 2.51. The van der Waals surface area contributed by atoms with Crippen LogP contribution in [0.1, 0.15) is 24.8 Å². The fraction of sp³-hybridized carbons (Fsp3) is 0.286. The lowest BCUT2D eigenvalue weighted by Crippen LogP contribution is -2.42. The maximum Gasteiger partial charge on any atom is 0.314 e. The van der Waals surface area contributed by atoms with E-state index >= 15 is 0 Å². The summed E-state index contributed by atoms with van der Waals surface area (Å²) in [6.45, 7) is 0. The predicted octanol–water partition coefficient (Wildman–Crippen LogP) is 2.38. The lowest BCUT2D eigenvalue weighted by atomic mass is 9.64. The van der Waals surface area contributed by atoms with Gasteiger partial charge < -0.3 is 5.11 Å². The topological polar surface area (TPSA) is 55.1 Å². The normalized spacial score (nSPS) is 17.1. The number of hydrogen-bond acceptors (Lipinski definition) is 2. The Kier molecular flexibility index (Phi) is 2.44. The van der Waals surface area contributed by atoms with E-state index in [1.807, 2.05) is 36.5 Å². The molecule has 1 aromatic heterocycles.